The van der Waals surface area contributed by atoms with Gasteiger partial charge in [0.15, 0.2) is 0 Å². The van der Waals surface area contributed by atoms with E-state index in [2.05, 4.69) is 24.1 Å². The second kappa shape index (κ2) is 6.27. The van der Waals surface area contributed by atoms with Crippen molar-refractivity contribution in [3.05, 3.63) is 40.9 Å². The van der Waals surface area contributed by atoms with Crippen LogP contribution in [0.25, 0.3) is 22.1 Å². The van der Waals surface area contributed by atoms with Crippen LogP contribution in [0.15, 0.2) is 39.8 Å². The summed E-state index contributed by atoms with van der Waals surface area (Å²) in [5.41, 5.74) is 0.834. The summed E-state index contributed by atoms with van der Waals surface area (Å²) >= 11 is 0. The average molecular weight is 353 g/mol. The van der Waals surface area contributed by atoms with Gasteiger partial charge in [0.25, 0.3) is 5.56 Å². The number of amides is 1. The Bertz CT molecular complexity index is 1030. The number of fused-ring (bicyclic) bond motifs is 3. The maximum absolute atomic E-state index is 12.7. The first kappa shape index (κ1) is 16.8. The van der Waals surface area contributed by atoms with E-state index in [0.717, 1.165) is 31.1 Å². The van der Waals surface area contributed by atoms with Crippen molar-refractivity contribution in [1.29, 1.82) is 0 Å². The summed E-state index contributed by atoms with van der Waals surface area (Å²) in [6.07, 6.45) is 5.59. The standard InChI is InChI=1S/C20H23N3O3/c1-13-7-9-20(2,10-8-13)22-16(24)11-23-12-21-17-14-5-3-4-6-15(14)26-18(17)19(23)25/h3-6,12-13H,7-11H2,1-2H3,(H,22,24). The summed E-state index contributed by atoms with van der Waals surface area (Å²) < 4.78 is 6.97. The first-order valence-corrected chi connectivity index (χ1v) is 9.13. The first-order valence-electron chi connectivity index (χ1n) is 9.13. The Labute approximate surface area is 151 Å². The van der Waals surface area contributed by atoms with E-state index in [1.807, 2.05) is 18.2 Å². The van der Waals surface area contributed by atoms with Crippen molar-refractivity contribution >= 4 is 28.0 Å². The molecule has 0 radical (unpaired) electrons. The second-order valence-corrected chi connectivity index (χ2v) is 7.74. The Morgan fingerprint density at radius 3 is 2.85 bits per heavy atom. The predicted molar refractivity (Wildman–Crippen MR) is 100.0 cm³/mol. The maximum atomic E-state index is 12.7. The molecular weight excluding hydrogens is 330 g/mol. The topological polar surface area (TPSA) is 77.1 Å². The molecule has 2 heterocycles. The minimum Gasteiger partial charge on any atom is -0.448 e. The van der Waals surface area contributed by atoms with Crippen LogP contribution in [0.5, 0.6) is 0 Å². The normalized spacial score (nSPS) is 23.4. The van der Waals surface area contributed by atoms with Gasteiger partial charge in [-0.1, -0.05) is 19.1 Å². The van der Waals surface area contributed by atoms with Crippen molar-refractivity contribution in [2.24, 2.45) is 5.92 Å². The van der Waals surface area contributed by atoms with Gasteiger partial charge < -0.3 is 9.73 Å². The number of hydrogen-bond donors (Lipinski definition) is 1. The molecule has 0 unspecified atom stereocenters. The fraction of sp³-hybridized carbons (Fsp3) is 0.450. The van der Waals surface area contributed by atoms with Crippen molar-refractivity contribution in [3.63, 3.8) is 0 Å². The zero-order chi connectivity index (χ0) is 18.3. The number of hydrogen-bond acceptors (Lipinski definition) is 4. The molecule has 1 aromatic carbocycles. The van der Waals surface area contributed by atoms with Gasteiger partial charge in [0.1, 0.15) is 17.6 Å². The third kappa shape index (κ3) is 3.00. The third-order valence-corrected chi connectivity index (χ3v) is 5.48. The van der Waals surface area contributed by atoms with E-state index in [9.17, 15) is 9.59 Å². The van der Waals surface area contributed by atoms with Crippen molar-refractivity contribution in [2.75, 3.05) is 0 Å². The molecule has 6 heteroatoms. The number of para-hydroxylation sites is 1. The Balaban J connectivity index is 1.57. The van der Waals surface area contributed by atoms with Crippen LogP contribution in [0.4, 0.5) is 0 Å². The van der Waals surface area contributed by atoms with Crippen molar-refractivity contribution in [1.82, 2.24) is 14.9 Å². The lowest BCUT2D eigenvalue weighted by atomic mass is 9.78. The molecule has 0 spiro atoms. The Morgan fingerprint density at radius 2 is 2.08 bits per heavy atom. The van der Waals surface area contributed by atoms with E-state index in [1.165, 1.54) is 10.9 Å². The predicted octanol–water partition coefficient (Wildman–Crippen LogP) is 3.23. The molecule has 4 rings (SSSR count). The van der Waals surface area contributed by atoms with Gasteiger partial charge >= 0.3 is 0 Å². The third-order valence-electron chi connectivity index (χ3n) is 5.48. The summed E-state index contributed by atoms with van der Waals surface area (Å²) in [7, 11) is 0. The highest BCUT2D eigenvalue weighted by molar-refractivity contribution is 6.01. The number of carbonyl (C=O) groups excluding carboxylic acids is 1. The maximum Gasteiger partial charge on any atom is 0.297 e. The van der Waals surface area contributed by atoms with E-state index in [0.29, 0.717) is 17.0 Å². The van der Waals surface area contributed by atoms with E-state index in [-0.39, 0.29) is 29.1 Å². The Hall–Kier alpha value is -2.63. The van der Waals surface area contributed by atoms with Crippen LogP contribution in [0, 0.1) is 5.92 Å². The van der Waals surface area contributed by atoms with Crippen molar-refractivity contribution in [2.45, 2.75) is 51.6 Å². The molecule has 26 heavy (non-hydrogen) atoms. The van der Waals surface area contributed by atoms with Gasteiger partial charge in [-0.15, -0.1) is 0 Å². The first-order chi connectivity index (χ1) is 12.5. The summed E-state index contributed by atoms with van der Waals surface area (Å²) in [5, 5.41) is 3.91. The highest BCUT2D eigenvalue weighted by atomic mass is 16.3. The quantitative estimate of drug-likeness (QED) is 0.784. The molecule has 0 atom stereocenters. The molecule has 6 nitrogen and oxygen atoms in total. The Morgan fingerprint density at radius 1 is 1.35 bits per heavy atom. The fourth-order valence-electron chi connectivity index (χ4n) is 3.78. The van der Waals surface area contributed by atoms with Gasteiger partial charge in [0.2, 0.25) is 11.5 Å². The van der Waals surface area contributed by atoms with Crippen LogP contribution in [0.2, 0.25) is 0 Å². The number of aromatic nitrogens is 2. The second-order valence-electron chi connectivity index (χ2n) is 7.74. The molecule has 2 aromatic heterocycles. The van der Waals surface area contributed by atoms with Gasteiger partial charge in [0.05, 0.1) is 6.33 Å². The van der Waals surface area contributed by atoms with Crippen LogP contribution >= 0.6 is 0 Å². The molecule has 1 amide bonds. The van der Waals surface area contributed by atoms with Gasteiger partial charge in [-0.2, -0.15) is 0 Å². The minimum atomic E-state index is -0.330. The largest absolute Gasteiger partial charge is 0.448 e. The van der Waals surface area contributed by atoms with E-state index in [1.54, 1.807) is 6.07 Å². The van der Waals surface area contributed by atoms with E-state index >= 15 is 0 Å². The summed E-state index contributed by atoms with van der Waals surface area (Å²) in [6, 6.07) is 7.40. The zero-order valence-electron chi connectivity index (χ0n) is 15.1. The fourth-order valence-corrected chi connectivity index (χ4v) is 3.78. The van der Waals surface area contributed by atoms with Gasteiger partial charge in [-0.3, -0.25) is 14.2 Å². The number of benzene rings is 1. The SMILES string of the molecule is CC1CCC(C)(NC(=O)Cn2cnc3c(oc4ccccc43)c2=O)CC1. The molecule has 136 valence electrons. The van der Waals surface area contributed by atoms with Crippen LogP contribution in [-0.4, -0.2) is 21.0 Å². The number of furan rings is 1. The highest BCUT2D eigenvalue weighted by Gasteiger charge is 2.31. The number of nitrogens with one attached hydrogen (secondary N) is 1. The molecule has 0 aliphatic heterocycles. The molecule has 0 saturated heterocycles. The number of rotatable bonds is 3. The van der Waals surface area contributed by atoms with Gasteiger partial charge in [-0.25, -0.2) is 4.98 Å². The van der Waals surface area contributed by atoms with E-state index in [4.69, 9.17) is 4.42 Å². The summed E-state index contributed by atoms with van der Waals surface area (Å²) in [5.74, 6) is 0.545. The minimum absolute atomic E-state index is 0.0516. The van der Waals surface area contributed by atoms with E-state index < -0.39 is 0 Å². The zero-order valence-corrected chi connectivity index (χ0v) is 15.1. The average Bonchev–Trinajstić information content (AvgIpc) is 3.00. The lowest BCUT2D eigenvalue weighted by Gasteiger charge is -2.37. The highest BCUT2D eigenvalue weighted by Crippen LogP contribution is 2.31. The summed E-state index contributed by atoms with van der Waals surface area (Å²) in [4.78, 5) is 29.5. The molecule has 1 aliphatic carbocycles. The number of carbonyl (C=O) groups is 1. The molecule has 0 bridgehead atoms. The summed E-state index contributed by atoms with van der Waals surface area (Å²) in [6.45, 7) is 4.28. The van der Waals surface area contributed by atoms with Gasteiger partial charge in [0, 0.05) is 10.9 Å². The van der Waals surface area contributed by atoms with Gasteiger partial charge in [-0.05, 0) is 50.7 Å². The molecule has 1 N–H and O–H groups in total. The molecule has 3 aromatic rings. The smallest absolute Gasteiger partial charge is 0.297 e. The van der Waals surface area contributed by atoms with Crippen molar-refractivity contribution < 1.29 is 9.21 Å². The van der Waals surface area contributed by atoms with Crippen molar-refractivity contribution in [3.8, 4) is 0 Å². The molecule has 1 fully saturated rings. The molecular formula is C20H23N3O3. The molecule has 1 saturated carbocycles. The Kier molecular flexibility index (Phi) is 4.05. The van der Waals surface area contributed by atoms with Crippen LogP contribution in [0.3, 0.4) is 0 Å². The monoisotopic (exact) mass is 353 g/mol. The number of nitrogens with zero attached hydrogens (tertiary/aromatic N) is 2. The lowest BCUT2D eigenvalue weighted by Crippen LogP contribution is -2.49. The van der Waals surface area contributed by atoms with Crippen LogP contribution in [-0.2, 0) is 11.3 Å². The van der Waals surface area contributed by atoms with Crippen LogP contribution < -0.4 is 10.9 Å². The van der Waals surface area contributed by atoms with Crippen LogP contribution in [0.1, 0.15) is 39.5 Å². The molecule has 1 aliphatic rings. The lowest BCUT2D eigenvalue weighted by molar-refractivity contribution is -0.124.